The molecule has 76 valence electrons. The summed E-state index contributed by atoms with van der Waals surface area (Å²) >= 11 is 0. The van der Waals surface area contributed by atoms with E-state index in [2.05, 4.69) is 17.2 Å². The fourth-order valence-corrected chi connectivity index (χ4v) is 0.879. The van der Waals surface area contributed by atoms with Gasteiger partial charge in [0.05, 0.1) is 6.54 Å². The van der Waals surface area contributed by atoms with E-state index in [9.17, 15) is 0 Å². The van der Waals surface area contributed by atoms with Crippen molar-refractivity contribution in [2.75, 3.05) is 26.3 Å². The minimum absolute atomic E-state index is 0.145. The average Bonchev–Trinajstić information content (AvgIpc) is 2.13. The Morgan fingerprint density at radius 2 is 1.85 bits per heavy atom. The molecule has 0 aliphatic heterocycles. The van der Waals surface area contributed by atoms with E-state index in [-0.39, 0.29) is 6.29 Å². The van der Waals surface area contributed by atoms with E-state index in [1.165, 1.54) is 0 Å². The summed E-state index contributed by atoms with van der Waals surface area (Å²) in [6.07, 6.45) is -0.145. The predicted octanol–water partition coefficient (Wildman–Crippen LogP) is 0.998. The van der Waals surface area contributed by atoms with Crippen LogP contribution in [0.5, 0.6) is 0 Å². The molecule has 0 aliphatic rings. The number of hydrogen-bond acceptors (Lipinski definition) is 3. The second-order valence-electron chi connectivity index (χ2n) is 2.40. The molecule has 0 fully saturated rings. The van der Waals surface area contributed by atoms with Gasteiger partial charge in [0.2, 0.25) is 0 Å². The van der Waals surface area contributed by atoms with Crippen LogP contribution in [0.3, 0.4) is 0 Å². The lowest BCUT2D eigenvalue weighted by Crippen LogP contribution is -2.31. The van der Waals surface area contributed by atoms with Gasteiger partial charge in [0, 0.05) is 19.8 Å². The molecule has 0 heterocycles. The van der Waals surface area contributed by atoms with Crippen molar-refractivity contribution >= 4 is 0 Å². The van der Waals surface area contributed by atoms with E-state index in [0.717, 1.165) is 0 Å². The van der Waals surface area contributed by atoms with Crippen molar-refractivity contribution < 1.29 is 9.47 Å². The van der Waals surface area contributed by atoms with E-state index in [0.29, 0.717) is 26.3 Å². The number of ether oxygens (including phenoxy) is 2. The zero-order valence-corrected chi connectivity index (χ0v) is 8.72. The summed E-state index contributed by atoms with van der Waals surface area (Å²) in [6, 6.07) is 0. The molecule has 0 aromatic heterocycles. The van der Waals surface area contributed by atoms with Crippen molar-refractivity contribution in [2.24, 2.45) is 0 Å². The molecular formula is C10H19NO2. The van der Waals surface area contributed by atoms with Crippen LogP contribution in [0, 0.1) is 11.8 Å². The maximum Gasteiger partial charge on any atom is 0.169 e. The summed E-state index contributed by atoms with van der Waals surface area (Å²) in [5.41, 5.74) is 0. The normalized spacial score (nSPS) is 9.85. The summed E-state index contributed by atoms with van der Waals surface area (Å²) in [6.45, 7) is 8.46. The summed E-state index contributed by atoms with van der Waals surface area (Å²) < 4.78 is 10.7. The van der Waals surface area contributed by atoms with Gasteiger partial charge < -0.3 is 14.8 Å². The molecule has 0 aliphatic carbocycles. The SMILES string of the molecule is CC#CCNCC(OCC)OCC. The summed E-state index contributed by atoms with van der Waals surface area (Å²) in [5, 5.41) is 3.13. The smallest absolute Gasteiger partial charge is 0.169 e. The molecular weight excluding hydrogens is 166 g/mol. The Bertz CT molecular complexity index is 154. The lowest BCUT2D eigenvalue weighted by atomic mass is 10.5. The van der Waals surface area contributed by atoms with Crippen LogP contribution in [0.4, 0.5) is 0 Å². The first-order valence-electron chi connectivity index (χ1n) is 4.68. The third-order valence-corrected chi connectivity index (χ3v) is 1.41. The van der Waals surface area contributed by atoms with Gasteiger partial charge in [-0.2, -0.15) is 0 Å². The fraction of sp³-hybridized carbons (Fsp3) is 0.800. The molecule has 0 amide bonds. The molecule has 0 spiro atoms. The second kappa shape index (κ2) is 9.53. The van der Waals surface area contributed by atoms with E-state index in [1.54, 1.807) is 0 Å². The fourth-order valence-electron chi connectivity index (χ4n) is 0.879. The Morgan fingerprint density at radius 3 is 2.31 bits per heavy atom. The highest BCUT2D eigenvalue weighted by atomic mass is 16.7. The lowest BCUT2D eigenvalue weighted by molar-refractivity contribution is -0.132. The van der Waals surface area contributed by atoms with Gasteiger partial charge in [0.15, 0.2) is 6.29 Å². The minimum Gasteiger partial charge on any atom is -0.352 e. The first kappa shape index (κ1) is 12.4. The molecule has 0 atom stereocenters. The van der Waals surface area contributed by atoms with Gasteiger partial charge >= 0.3 is 0 Å². The van der Waals surface area contributed by atoms with Crippen LogP contribution in [0.1, 0.15) is 20.8 Å². The van der Waals surface area contributed by atoms with Gasteiger partial charge in [0.25, 0.3) is 0 Å². The highest BCUT2D eigenvalue weighted by Crippen LogP contribution is 1.92. The predicted molar refractivity (Wildman–Crippen MR) is 53.4 cm³/mol. The monoisotopic (exact) mass is 185 g/mol. The first-order valence-corrected chi connectivity index (χ1v) is 4.68. The molecule has 1 N–H and O–H groups in total. The van der Waals surface area contributed by atoms with Gasteiger partial charge in [-0.25, -0.2) is 0 Å². The number of nitrogens with one attached hydrogen (secondary N) is 1. The van der Waals surface area contributed by atoms with Crippen LogP contribution in [-0.2, 0) is 9.47 Å². The minimum atomic E-state index is -0.145. The molecule has 0 saturated carbocycles. The van der Waals surface area contributed by atoms with Gasteiger partial charge in [-0.05, 0) is 20.8 Å². The van der Waals surface area contributed by atoms with Crippen molar-refractivity contribution in [1.82, 2.24) is 5.32 Å². The van der Waals surface area contributed by atoms with Crippen molar-refractivity contribution in [3.63, 3.8) is 0 Å². The second-order valence-corrected chi connectivity index (χ2v) is 2.40. The highest BCUT2D eigenvalue weighted by molar-refractivity contribution is 4.96. The quantitative estimate of drug-likeness (QED) is 0.364. The Hall–Kier alpha value is -0.560. The Kier molecular flexibility index (Phi) is 9.12. The topological polar surface area (TPSA) is 30.5 Å². The summed E-state index contributed by atoms with van der Waals surface area (Å²) in [7, 11) is 0. The maximum atomic E-state index is 5.33. The van der Waals surface area contributed by atoms with Gasteiger partial charge in [-0.15, -0.1) is 5.92 Å². The zero-order chi connectivity index (χ0) is 9.94. The van der Waals surface area contributed by atoms with Crippen LogP contribution in [0.15, 0.2) is 0 Å². The average molecular weight is 185 g/mol. The molecule has 0 aromatic rings. The van der Waals surface area contributed by atoms with Crippen molar-refractivity contribution in [2.45, 2.75) is 27.1 Å². The van der Waals surface area contributed by atoms with E-state index >= 15 is 0 Å². The van der Waals surface area contributed by atoms with E-state index in [1.807, 2.05) is 20.8 Å². The molecule has 0 rings (SSSR count). The van der Waals surface area contributed by atoms with E-state index in [4.69, 9.17) is 9.47 Å². The largest absolute Gasteiger partial charge is 0.352 e. The van der Waals surface area contributed by atoms with Crippen molar-refractivity contribution in [3.8, 4) is 11.8 Å². The molecule has 3 nitrogen and oxygen atoms in total. The first-order chi connectivity index (χ1) is 6.35. The van der Waals surface area contributed by atoms with Crippen LogP contribution in [-0.4, -0.2) is 32.6 Å². The summed E-state index contributed by atoms with van der Waals surface area (Å²) in [5.74, 6) is 5.73. The highest BCUT2D eigenvalue weighted by Gasteiger charge is 2.05. The van der Waals surface area contributed by atoms with Gasteiger partial charge in [-0.3, -0.25) is 0 Å². The van der Waals surface area contributed by atoms with Crippen LogP contribution >= 0.6 is 0 Å². The molecule has 0 unspecified atom stereocenters. The Balaban J connectivity index is 3.47. The molecule has 0 radical (unpaired) electrons. The molecule has 3 heteroatoms. The van der Waals surface area contributed by atoms with Gasteiger partial charge in [0.1, 0.15) is 0 Å². The van der Waals surface area contributed by atoms with E-state index < -0.39 is 0 Å². The molecule has 0 bridgehead atoms. The van der Waals surface area contributed by atoms with Crippen LogP contribution in [0.25, 0.3) is 0 Å². The van der Waals surface area contributed by atoms with Crippen LogP contribution < -0.4 is 5.32 Å². The lowest BCUT2D eigenvalue weighted by Gasteiger charge is -2.16. The third-order valence-electron chi connectivity index (χ3n) is 1.41. The van der Waals surface area contributed by atoms with Crippen molar-refractivity contribution in [3.05, 3.63) is 0 Å². The summed E-state index contributed by atoms with van der Waals surface area (Å²) in [4.78, 5) is 0. The van der Waals surface area contributed by atoms with Crippen LogP contribution in [0.2, 0.25) is 0 Å². The molecule has 13 heavy (non-hydrogen) atoms. The maximum absolute atomic E-state index is 5.33. The zero-order valence-electron chi connectivity index (χ0n) is 8.72. The molecule has 0 saturated heterocycles. The standard InChI is InChI=1S/C10H19NO2/c1-4-7-8-11-9-10(12-5-2)13-6-3/h10-11H,5-6,8-9H2,1-3H3. The number of hydrogen-bond donors (Lipinski definition) is 1. The molecule has 0 aromatic carbocycles. The Labute approximate surface area is 80.8 Å². The Morgan fingerprint density at radius 1 is 1.23 bits per heavy atom. The van der Waals surface area contributed by atoms with Gasteiger partial charge in [-0.1, -0.05) is 5.92 Å². The third kappa shape index (κ3) is 7.79. The van der Waals surface area contributed by atoms with Crippen molar-refractivity contribution in [1.29, 1.82) is 0 Å². The number of rotatable bonds is 7.